The molecular formula is C27H30FN3O2. The third-order valence-electron chi connectivity index (χ3n) is 6.44. The second-order valence-electron chi connectivity index (χ2n) is 8.76. The molecule has 33 heavy (non-hydrogen) atoms. The van der Waals surface area contributed by atoms with Crippen LogP contribution in [0.4, 0.5) is 4.39 Å². The number of benzene rings is 2. The lowest BCUT2D eigenvalue weighted by molar-refractivity contribution is -0.135. The molecule has 2 amide bonds. The first-order chi connectivity index (χ1) is 16.0. The van der Waals surface area contributed by atoms with Crippen LogP contribution in [0.25, 0.3) is 22.2 Å². The van der Waals surface area contributed by atoms with Gasteiger partial charge in [0.2, 0.25) is 5.91 Å². The van der Waals surface area contributed by atoms with Crippen molar-refractivity contribution in [2.75, 3.05) is 26.7 Å². The average Bonchev–Trinajstić information content (AvgIpc) is 2.86. The number of para-hydroxylation sites is 1. The molecule has 1 aliphatic rings. The van der Waals surface area contributed by atoms with E-state index >= 15 is 0 Å². The lowest BCUT2D eigenvalue weighted by Crippen LogP contribution is -2.43. The Bertz CT molecular complexity index is 1140. The van der Waals surface area contributed by atoms with E-state index in [1.165, 1.54) is 12.1 Å². The summed E-state index contributed by atoms with van der Waals surface area (Å²) in [5, 5.41) is 0.797. The highest BCUT2D eigenvalue weighted by Gasteiger charge is 2.30. The number of aromatic nitrogens is 1. The minimum absolute atomic E-state index is 0.0279. The van der Waals surface area contributed by atoms with Gasteiger partial charge in [-0.1, -0.05) is 31.5 Å². The van der Waals surface area contributed by atoms with E-state index in [-0.39, 0.29) is 23.5 Å². The largest absolute Gasteiger partial charge is 0.346 e. The van der Waals surface area contributed by atoms with Gasteiger partial charge in [-0.25, -0.2) is 9.37 Å². The number of unbranched alkanes of at least 4 members (excludes halogenated alkanes) is 1. The smallest absolute Gasteiger partial charge is 0.254 e. The number of fused-ring (bicyclic) bond motifs is 1. The van der Waals surface area contributed by atoms with Crippen LogP contribution >= 0.6 is 0 Å². The van der Waals surface area contributed by atoms with Crippen LogP contribution in [0, 0.1) is 11.7 Å². The van der Waals surface area contributed by atoms with Gasteiger partial charge in [0, 0.05) is 43.5 Å². The lowest BCUT2D eigenvalue weighted by atomic mass is 9.94. The van der Waals surface area contributed by atoms with Crippen LogP contribution in [0.15, 0.2) is 54.6 Å². The summed E-state index contributed by atoms with van der Waals surface area (Å²) >= 11 is 0. The van der Waals surface area contributed by atoms with Crippen molar-refractivity contribution in [3.05, 3.63) is 66.0 Å². The number of amides is 2. The Morgan fingerprint density at radius 1 is 1.09 bits per heavy atom. The van der Waals surface area contributed by atoms with Crippen LogP contribution in [0.5, 0.6) is 0 Å². The predicted molar refractivity (Wildman–Crippen MR) is 128 cm³/mol. The van der Waals surface area contributed by atoms with Crippen molar-refractivity contribution in [3.8, 4) is 11.3 Å². The number of hydrogen-bond acceptors (Lipinski definition) is 3. The number of piperidine rings is 1. The number of pyridine rings is 1. The maximum atomic E-state index is 13.5. The van der Waals surface area contributed by atoms with E-state index in [0.29, 0.717) is 37.2 Å². The van der Waals surface area contributed by atoms with Crippen LogP contribution in [0.3, 0.4) is 0 Å². The zero-order chi connectivity index (χ0) is 23.4. The molecule has 0 atom stereocenters. The van der Waals surface area contributed by atoms with Crippen molar-refractivity contribution in [1.29, 1.82) is 0 Å². The third-order valence-corrected chi connectivity index (χ3v) is 6.44. The summed E-state index contributed by atoms with van der Waals surface area (Å²) in [6, 6.07) is 15.5. The SMILES string of the molecule is CCCCN(C)C(=O)C1CCN(C(=O)c2cc(-c3ccc(F)cc3)nc3ccccc23)CC1. The van der Waals surface area contributed by atoms with Gasteiger partial charge >= 0.3 is 0 Å². The summed E-state index contributed by atoms with van der Waals surface area (Å²) in [7, 11) is 1.87. The quantitative estimate of drug-likeness (QED) is 0.525. The van der Waals surface area contributed by atoms with Crippen LogP contribution < -0.4 is 0 Å². The van der Waals surface area contributed by atoms with Gasteiger partial charge in [-0.05, 0) is 55.7 Å². The summed E-state index contributed by atoms with van der Waals surface area (Å²) in [6.45, 7) is 4.01. The molecule has 2 heterocycles. The fraction of sp³-hybridized carbons (Fsp3) is 0.370. The molecular weight excluding hydrogens is 417 g/mol. The fourth-order valence-electron chi connectivity index (χ4n) is 4.44. The second kappa shape index (κ2) is 10.1. The van der Waals surface area contributed by atoms with Crippen molar-refractivity contribution in [1.82, 2.24) is 14.8 Å². The topological polar surface area (TPSA) is 53.5 Å². The van der Waals surface area contributed by atoms with Gasteiger partial charge in [0.15, 0.2) is 0 Å². The molecule has 0 radical (unpaired) electrons. The molecule has 0 spiro atoms. The van der Waals surface area contributed by atoms with Crippen LogP contribution in [0.1, 0.15) is 43.0 Å². The van der Waals surface area contributed by atoms with Crippen molar-refractivity contribution in [2.24, 2.45) is 5.92 Å². The minimum Gasteiger partial charge on any atom is -0.346 e. The molecule has 1 aromatic heterocycles. The van der Waals surface area contributed by atoms with Gasteiger partial charge in [-0.3, -0.25) is 9.59 Å². The van der Waals surface area contributed by atoms with Crippen LogP contribution in [-0.4, -0.2) is 53.3 Å². The monoisotopic (exact) mass is 447 g/mol. The first kappa shape index (κ1) is 22.9. The Morgan fingerprint density at radius 3 is 2.48 bits per heavy atom. The van der Waals surface area contributed by atoms with Gasteiger partial charge in [-0.2, -0.15) is 0 Å². The molecule has 1 aliphatic heterocycles. The molecule has 0 saturated carbocycles. The number of hydrogen-bond donors (Lipinski definition) is 0. The molecule has 0 unspecified atom stereocenters. The molecule has 1 fully saturated rings. The maximum absolute atomic E-state index is 13.5. The molecule has 6 heteroatoms. The molecule has 1 saturated heterocycles. The van der Waals surface area contributed by atoms with E-state index in [4.69, 9.17) is 4.98 Å². The normalized spacial score (nSPS) is 14.5. The summed E-state index contributed by atoms with van der Waals surface area (Å²) in [5.74, 6) is -0.209. The van der Waals surface area contributed by atoms with Crippen molar-refractivity contribution >= 4 is 22.7 Å². The summed E-state index contributed by atoms with van der Waals surface area (Å²) in [6.07, 6.45) is 3.42. The Kier molecular flexibility index (Phi) is 7.02. The van der Waals surface area contributed by atoms with E-state index < -0.39 is 0 Å². The number of rotatable bonds is 6. The van der Waals surface area contributed by atoms with Gasteiger partial charge in [0.05, 0.1) is 16.8 Å². The number of carbonyl (C=O) groups excluding carboxylic acids is 2. The first-order valence-electron chi connectivity index (χ1n) is 11.7. The van der Waals surface area contributed by atoms with Crippen LogP contribution in [0.2, 0.25) is 0 Å². The highest BCUT2D eigenvalue weighted by Crippen LogP contribution is 2.28. The molecule has 172 valence electrons. The highest BCUT2D eigenvalue weighted by atomic mass is 19.1. The first-order valence-corrected chi connectivity index (χ1v) is 11.7. The Labute approximate surface area is 194 Å². The number of nitrogens with zero attached hydrogens (tertiary/aromatic N) is 3. The van der Waals surface area contributed by atoms with E-state index in [1.807, 2.05) is 41.1 Å². The van der Waals surface area contributed by atoms with Gasteiger partial charge in [-0.15, -0.1) is 0 Å². The molecule has 3 aromatic rings. The molecule has 0 bridgehead atoms. The highest BCUT2D eigenvalue weighted by molar-refractivity contribution is 6.07. The molecule has 5 nitrogen and oxygen atoms in total. The molecule has 0 N–H and O–H groups in total. The number of likely N-dealkylation sites (tertiary alicyclic amines) is 1. The molecule has 2 aromatic carbocycles. The van der Waals surface area contributed by atoms with E-state index in [9.17, 15) is 14.0 Å². The van der Waals surface area contributed by atoms with Crippen molar-refractivity contribution < 1.29 is 14.0 Å². The Hall–Kier alpha value is -3.28. The summed E-state index contributed by atoms with van der Waals surface area (Å²) in [5.41, 5.74) is 2.71. The summed E-state index contributed by atoms with van der Waals surface area (Å²) < 4.78 is 13.4. The van der Waals surface area contributed by atoms with Crippen molar-refractivity contribution in [3.63, 3.8) is 0 Å². The minimum atomic E-state index is -0.311. The van der Waals surface area contributed by atoms with Crippen LogP contribution in [-0.2, 0) is 4.79 Å². The number of carbonyl (C=O) groups is 2. The van der Waals surface area contributed by atoms with Crippen molar-refractivity contribution in [2.45, 2.75) is 32.6 Å². The van der Waals surface area contributed by atoms with Gasteiger partial charge in [0.1, 0.15) is 5.82 Å². The maximum Gasteiger partial charge on any atom is 0.254 e. The zero-order valence-corrected chi connectivity index (χ0v) is 19.3. The van der Waals surface area contributed by atoms with Gasteiger partial charge < -0.3 is 9.80 Å². The van der Waals surface area contributed by atoms with E-state index in [2.05, 4.69) is 6.92 Å². The van der Waals surface area contributed by atoms with Gasteiger partial charge in [0.25, 0.3) is 5.91 Å². The van der Waals surface area contributed by atoms with E-state index in [1.54, 1.807) is 18.2 Å². The zero-order valence-electron chi connectivity index (χ0n) is 19.3. The molecule has 0 aliphatic carbocycles. The Balaban J connectivity index is 1.55. The molecule has 4 rings (SSSR count). The standard InChI is InChI=1S/C27H30FN3O2/c1-3-4-15-30(2)26(32)20-13-16-31(17-14-20)27(33)23-18-25(19-9-11-21(28)12-10-19)29-24-8-6-5-7-22(23)24/h5-12,18,20H,3-4,13-17H2,1-2H3. The second-order valence-corrected chi connectivity index (χ2v) is 8.76. The summed E-state index contributed by atoms with van der Waals surface area (Å²) in [4.78, 5) is 34.7. The Morgan fingerprint density at radius 2 is 1.79 bits per heavy atom. The lowest BCUT2D eigenvalue weighted by Gasteiger charge is -2.33. The third kappa shape index (κ3) is 5.05. The van der Waals surface area contributed by atoms with E-state index in [0.717, 1.165) is 35.9 Å². The average molecular weight is 448 g/mol. The fourth-order valence-corrected chi connectivity index (χ4v) is 4.44. The predicted octanol–water partition coefficient (Wildman–Crippen LogP) is 5.15. The number of halogens is 1.